The molecule has 0 bridgehead atoms. The van der Waals surface area contributed by atoms with Gasteiger partial charge in [0.2, 0.25) is 0 Å². The smallest absolute Gasteiger partial charge is 0.0381 e. The monoisotopic (exact) mass is 287 g/mol. The lowest BCUT2D eigenvalue weighted by Crippen LogP contribution is -2.03. The van der Waals surface area contributed by atoms with Gasteiger partial charge in [0.1, 0.15) is 0 Å². The molecule has 84 valence electrons. The molecule has 0 aliphatic rings. The van der Waals surface area contributed by atoms with Gasteiger partial charge in [0.15, 0.2) is 0 Å². The summed E-state index contributed by atoms with van der Waals surface area (Å²) in [6.07, 6.45) is 4.69. The molecule has 0 aliphatic carbocycles. The van der Waals surface area contributed by atoms with Gasteiger partial charge in [0, 0.05) is 16.7 Å². The Kier molecular flexibility index (Phi) is 6.18. The Balaban J connectivity index is 2.33. The first kappa shape index (κ1) is 12.9. The van der Waals surface area contributed by atoms with E-state index in [4.69, 9.17) is 0 Å². The second-order valence-electron chi connectivity index (χ2n) is 3.59. The molecule has 1 rings (SSSR count). The van der Waals surface area contributed by atoms with Crippen LogP contribution in [0.5, 0.6) is 0 Å². The van der Waals surface area contributed by atoms with E-state index < -0.39 is 0 Å². The van der Waals surface area contributed by atoms with E-state index in [1.54, 1.807) is 0 Å². The molecule has 15 heavy (non-hydrogen) atoms. The quantitative estimate of drug-likeness (QED) is 0.783. The maximum atomic E-state index is 3.49. The van der Waals surface area contributed by atoms with Gasteiger partial charge in [-0.3, -0.25) is 0 Å². The van der Waals surface area contributed by atoms with Crippen LogP contribution in [-0.4, -0.2) is 18.6 Å². The zero-order chi connectivity index (χ0) is 11.1. The summed E-state index contributed by atoms with van der Waals surface area (Å²) in [5.41, 5.74) is 2.55. The Morgan fingerprint density at radius 1 is 1.33 bits per heavy atom. The van der Waals surface area contributed by atoms with Crippen LogP contribution in [0.4, 0.5) is 5.69 Å². The predicted molar refractivity (Wildman–Crippen MR) is 75.0 cm³/mol. The summed E-state index contributed by atoms with van der Waals surface area (Å²) in [5, 5.41) is 3.47. The molecular formula is C12H18BrNS. The van der Waals surface area contributed by atoms with Crippen molar-refractivity contribution in [3.8, 4) is 0 Å². The lowest BCUT2D eigenvalue weighted by atomic mass is 10.2. The van der Waals surface area contributed by atoms with E-state index in [1.807, 2.05) is 11.8 Å². The van der Waals surface area contributed by atoms with E-state index in [1.165, 1.54) is 29.8 Å². The molecule has 0 unspecified atom stereocenters. The highest BCUT2D eigenvalue weighted by molar-refractivity contribution is 9.10. The standard InChI is InChI=1S/C12H18BrNS/c1-10-5-6-11(13)9-12(10)14-7-3-4-8-15-2/h5-6,9,14H,3-4,7-8H2,1-2H3. The number of nitrogens with one attached hydrogen (secondary N) is 1. The van der Waals surface area contributed by atoms with Crippen LogP contribution in [0.1, 0.15) is 18.4 Å². The molecule has 0 amide bonds. The van der Waals surface area contributed by atoms with Gasteiger partial charge in [-0.15, -0.1) is 0 Å². The van der Waals surface area contributed by atoms with Gasteiger partial charge in [0.05, 0.1) is 0 Å². The van der Waals surface area contributed by atoms with Crippen molar-refractivity contribution in [3.63, 3.8) is 0 Å². The lowest BCUT2D eigenvalue weighted by molar-refractivity contribution is 0.842. The molecule has 0 saturated carbocycles. The SMILES string of the molecule is CSCCCCNc1cc(Br)ccc1C. The molecule has 0 fully saturated rings. The molecular weight excluding hydrogens is 270 g/mol. The summed E-state index contributed by atoms with van der Waals surface area (Å²) in [5.74, 6) is 1.26. The topological polar surface area (TPSA) is 12.0 Å². The number of halogens is 1. The van der Waals surface area contributed by atoms with E-state index >= 15 is 0 Å². The number of unbranched alkanes of at least 4 members (excludes halogenated alkanes) is 1. The summed E-state index contributed by atoms with van der Waals surface area (Å²) >= 11 is 5.41. The second-order valence-corrected chi connectivity index (χ2v) is 5.49. The highest BCUT2D eigenvalue weighted by Gasteiger charge is 1.97. The molecule has 1 aromatic rings. The molecule has 0 radical (unpaired) electrons. The number of benzene rings is 1. The van der Waals surface area contributed by atoms with Gasteiger partial charge in [0.25, 0.3) is 0 Å². The lowest BCUT2D eigenvalue weighted by Gasteiger charge is -2.09. The van der Waals surface area contributed by atoms with Crippen molar-refractivity contribution < 1.29 is 0 Å². The summed E-state index contributed by atoms with van der Waals surface area (Å²) < 4.78 is 1.14. The number of aryl methyl sites for hydroxylation is 1. The highest BCUT2D eigenvalue weighted by atomic mass is 79.9. The number of anilines is 1. The van der Waals surface area contributed by atoms with E-state index in [0.29, 0.717) is 0 Å². The fourth-order valence-corrected chi connectivity index (χ4v) is 2.23. The van der Waals surface area contributed by atoms with Crippen molar-refractivity contribution >= 4 is 33.4 Å². The molecule has 3 heteroatoms. The first-order valence-corrected chi connectivity index (χ1v) is 7.41. The normalized spacial score (nSPS) is 10.3. The number of rotatable bonds is 6. The Morgan fingerprint density at radius 3 is 2.87 bits per heavy atom. The maximum absolute atomic E-state index is 3.49. The first-order chi connectivity index (χ1) is 7.24. The largest absolute Gasteiger partial charge is 0.385 e. The van der Waals surface area contributed by atoms with Crippen molar-refractivity contribution in [2.75, 3.05) is 23.9 Å². The number of hydrogen-bond acceptors (Lipinski definition) is 2. The molecule has 0 aliphatic heterocycles. The summed E-state index contributed by atoms with van der Waals surface area (Å²) in [6.45, 7) is 3.20. The Hall–Kier alpha value is -0.150. The summed E-state index contributed by atoms with van der Waals surface area (Å²) in [7, 11) is 0. The van der Waals surface area contributed by atoms with Crippen molar-refractivity contribution in [3.05, 3.63) is 28.2 Å². The highest BCUT2D eigenvalue weighted by Crippen LogP contribution is 2.20. The van der Waals surface area contributed by atoms with E-state index in [2.05, 4.69) is 52.6 Å². The number of thioether (sulfide) groups is 1. The van der Waals surface area contributed by atoms with Gasteiger partial charge in [-0.1, -0.05) is 22.0 Å². The van der Waals surface area contributed by atoms with Crippen molar-refractivity contribution in [2.24, 2.45) is 0 Å². The summed E-state index contributed by atoms with van der Waals surface area (Å²) in [4.78, 5) is 0. The minimum absolute atomic E-state index is 1.07. The fraction of sp³-hybridized carbons (Fsp3) is 0.500. The van der Waals surface area contributed by atoms with Gasteiger partial charge < -0.3 is 5.32 Å². The van der Waals surface area contributed by atoms with Crippen molar-refractivity contribution in [2.45, 2.75) is 19.8 Å². The average Bonchev–Trinajstić information content (AvgIpc) is 2.23. The molecule has 0 aromatic heterocycles. The molecule has 0 saturated heterocycles. The van der Waals surface area contributed by atoms with Crippen LogP contribution < -0.4 is 5.32 Å². The third-order valence-corrected chi connectivity index (χ3v) is 3.48. The molecule has 1 N–H and O–H groups in total. The first-order valence-electron chi connectivity index (χ1n) is 5.23. The Labute approximate surface area is 105 Å². The van der Waals surface area contributed by atoms with E-state index in [9.17, 15) is 0 Å². The molecule has 1 aromatic carbocycles. The van der Waals surface area contributed by atoms with Crippen molar-refractivity contribution in [1.29, 1.82) is 0 Å². The minimum Gasteiger partial charge on any atom is -0.385 e. The van der Waals surface area contributed by atoms with Crippen molar-refractivity contribution in [1.82, 2.24) is 0 Å². The Bertz CT molecular complexity index is 302. The van der Waals surface area contributed by atoms with Gasteiger partial charge in [-0.05, 0) is 49.5 Å². The fourth-order valence-electron chi connectivity index (χ4n) is 1.38. The van der Waals surface area contributed by atoms with Crippen LogP contribution in [0.2, 0.25) is 0 Å². The van der Waals surface area contributed by atoms with E-state index in [-0.39, 0.29) is 0 Å². The van der Waals surface area contributed by atoms with Crippen LogP contribution in [0, 0.1) is 6.92 Å². The maximum Gasteiger partial charge on any atom is 0.0381 e. The van der Waals surface area contributed by atoms with Crippen LogP contribution >= 0.6 is 27.7 Å². The molecule has 0 spiro atoms. The van der Waals surface area contributed by atoms with Gasteiger partial charge >= 0.3 is 0 Å². The van der Waals surface area contributed by atoms with E-state index in [0.717, 1.165) is 11.0 Å². The minimum atomic E-state index is 1.07. The third kappa shape index (κ3) is 4.94. The second kappa shape index (κ2) is 7.18. The number of hydrogen-bond donors (Lipinski definition) is 1. The molecule has 1 nitrogen and oxygen atoms in total. The zero-order valence-electron chi connectivity index (χ0n) is 9.35. The van der Waals surface area contributed by atoms with Crippen LogP contribution in [-0.2, 0) is 0 Å². The van der Waals surface area contributed by atoms with Crippen LogP contribution in [0.25, 0.3) is 0 Å². The molecule has 0 atom stereocenters. The zero-order valence-corrected chi connectivity index (χ0v) is 11.7. The van der Waals surface area contributed by atoms with Crippen LogP contribution in [0.3, 0.4) is 0 Å². The summed E-state index contributed by atoms with van der Waals surface area (Å²) in [6, 6.07) is 6.35. The Morgan fingerprint density at radius 2 is 2.13 bits per heavy atom. The predicted octanol–water partition coefficient (Wildman–Crippen LogP) is 4.31. The van der Waals surface area contributed by atoms with Crippen LogP contribution in [0.15, 0.2) is 22.7 Å². The molecule has 0 heterocycles. The van der Waals surface area contributed by atoms with Gasteiger partial charge in [-0.2, -0.15) is 11.8 Å². The third-order valence-electron chi connectivity index (χ3n) is 2.29. The van der Waals surface area contributed by atoms with Gasteiger partial charge in [-0.25, -0.2) is 0 Å². The average molecular weight is 288 g/mol.